The molecule has 0 amide bonds. The van der Waals surface area contributed by atoms with Gasteiger partial charge < -0.3 is 14.2 Å². The second kappa shape index (κ2) is 9.51. The molecule has 1 unspecified atom stereocenters. The van der Waals surface area contributed by atoms with Crippen LogP contribution in [0.4, 0.5) is 0 Å². The molecule has 1 fully saturated rings. The predicted octanol–water partition coefficient (Wildman–Crippen LogP) is 4.84. The molecule has 28 heavy (non-hydrogen) atoms. The number of Topliss-reactive ketones (excluding diaryl/α,β-unsaturated/α-hetero) is 1. The van der Waals surface area contributed by atoms with Crippen LogP contribution in [0.25, 0.3) is 0 Å². The topological polar surface area (TPSA) is 78.9 Å². The Hall–Kier alpha value is -1.94. The van der Waals surface area contributed by atoms with Crippen LogP contribution in [-0.4, -0.2) is 37.7 Å². The average Bonchev–Trinajstić information content (AvgIpc) is 2.75. The van der Waals surface area contributed by atoms with Crippen LogP contribution in [0.5, 0.6) is 11.5 Å². The lowest BCUT2D eigenvalue weighted by Crippen LogP contribution is -2.54. The van der Waals surface area contributed by atoms with Crippen LogP contribution < -0.4 is 9.47 Å². The molecule has 0 bridgehead atoms. The molecule has 1 aromatic rings. The molecule has 1 saturated carbocycles. The van der Waals surface area contributed by atoms with E-state index in [1.165, 1.54) is 14.2 Å². The largest absolute Gasteiger partial charge is 0.496 e. The Labute approximate surface area is 168 Å². The summed E-state index contributed by atoms with van der Waals surface area (Å²) in [6.07, 6.45) is 4.08. The van der Waals surface area contributed by atoms with Gasteiger partial charge in [0.15, 0.2) is 19.4 Å². The van der Waals surface area contributed by atoms with Crippen molar-refractivity contribution < 1.29 is 28.4 Å². The fraction of sp³-hybridized carbons (Fsp3) is 0.619. The quantitative estimate of drug-likeness (QED) is 0.330. The minimum absolute atomic E-state index is 0.228. The van der Waals surface area contributed by atoms with Gasteiger partial charge in [0, 0.05) is 0 Å². The molecule has 0 spiro atoms. The summed E-state index contributed by atoms with van der Waals surface area (Å²) in [7, 11) is 2.55. The number of carbonyl (C=O) groups is 2. The zero-order chi connectivity index (χ0) is 20.8. The van der Waals surface area contributed by atoms with Crippen molar-refractivity contribution in [2.45, 2.75) is 57.5 Å². The lowest BCUT2D eigenvalue weighted by molar-refractivity contribution is -0.150. The molecule has 0 aliphatic heterocycles. The van der Waals surface area contributed by atoms with Crippen molar-refractivity contribution in [1.29, 1.82) is 0 Å². The number of carbonyl (C=O) groups excluding carboxylic acids is 2. The van der Waals surface area contributed by atoms with E-state index < -0.39 is 25.0 Å². The van der Waals surface area contributed by atoms with Gasteiger partial charge in [0.25, 0.3) is 0 Å². The van der Waals surface area contributed by atoms with Crippen LogP contribution in [-0.2, 0) is 14.1 Å². The molecule has 0 aromatic heterocycles. The van der Waals surface area contributed by atoms with Crippen molar-refractivity contribution in [3.63, 3.8) is 0 Å². The van der Waals surface area contributed by atoms with Gasteiger partial charge in [-0.25, -0.2) is 0 Å². The van der Waals surface area contributed by atoms with Crippen LogP contribution in [0, 0.1) is 5.41 Å². The van der Waals surface area contributed by atoms with Gasteiger partial charge in [0.05, 0.1) is 26.2 Å². The fourth-order valence-electron chi connectivity index (χ4n) is 4.06. The van der Waals surface area contributed by atoms with Gasteiger partial charge in [-0.05, 0) is 38.3 Å². The number of benzene rings is 1. The zero-order valence-electron chi connectivity index (χ0n) is 17.1. The normalized spacial score (nSPS) is 18.1. The van der Waals surface area contributed by atoms with Crippen molar-refractivity contribution in [2.24, 2.45) is 5.41 Å². The minimum atomic E-state index is -1.48. The van der Waals surface area contributed by atoms with E-state index >= 15 is 0 Å². The highest BCUT2D eigenvalue weighted by Gasteiger charge is 2.60. The fourth-order valence-corrected chi connectivity index (χ4v) is 4.70. The van der Waals surface area contributed by atoms with Gasteiger partial charge in [-0.15, -0.1) is 0 Å². The van der Waals surface area contributed by atoms with Crippen LogP contribution in [0.1, 0.15) is 62.7 Å². The molecule has 1 aromatic carbocycles. The molecule has 0 heterocycles. The van der Waals surface area contributed by atoms with E-state index in [1.807, 2.05) is 6.92 Å². The van der Waals surface area contributed by atoms with Gasteiger partial charge >= 0.3 is 5.97 Å². The Balaban J connectivity index is 2.64. The number of ketones is 1. The van der Waals surface area contributed by atoms with Crippen LogP contribution in [0.3, 0.4) is 0 Å². The Morgan fingerprint density at radius 3 is 2.14 bits per heavy atom. The summed E-state index contributed by atoms with van der Waals surface area (Å²) in [6.45, 7) is 3.69. The first-order valence-electron chi connectivity index (χ1n) is 9.69. The van der Waals surface area contributed by atoms with Crippen LogP contribution >= 0.6 is 8.46 Å². The Kier molecular flexibility index (Phi) is 7.59. The van der Waals surface area contributed by atoms with Gasteiger partial charge in [-0.2, -0.15) is 0 Å². The van der Waals surface area contributed by atoms with E-state index in [0.717, 1.165) is 19.3 Å². The third kappa shape index (κ3) is 3.80. The molecule has 7 heteroatoms. The molecule has 1 aliphatic rings. The molecule has 0 saturated heterocycles. The van der Waals surface area contributed by atoms with Crippen molar-refractivity contribution in [1.82, 2.24) is 0 Å². The van der Waals surface area contributed by atoms with E-state index in [9.17, 15) is 14.2 Å². The van der Waals surface area contributed by atoms with E-state index in [4.69, 9.17) is 14.2 Å². The van der Waals surface area contributed by atoms with E-state index in [-0.39, 0.29) is 18.0 Å². The number of ether oxygens (including phenoxy) is 3. The first kappa shape index (κ1) is 22.4. The highest BCUT2D eigenvalue weighted by Crippen LogP contribution is 2.55. The van der Waals surface area contributed by atoms with Crippen molar-refractivity contribution in [3.05, 3.63) is 23.8 Å². The second-order valence-corrected chi connectivity index (χ2v) is 8.39. The SMILES string of the molecule is CCCOC(=O)C(C)(P=O)C1(C(=O)c2c(OC)cccc2OC)CCCCC1. The highest BCUT2D eigenvalue weighted by atomic mass is 31.1. The van der Waals surface area contributed by atoms with Gasteiger partial charge in [-0.3, -0.25) is 14.2 Å². The molecule has 0 radical (unpaired) electrons. The number of esters is 1. The number of hydrogen-bond donors (Lipinski definition) is 0. The van der Waals surface area contributed by atoms with Gasteiger partial charge in [-0.1, -0.05) is 32.3 Å². The van der Waals surface area contributed by atoms with Crippen LogP contribution in [0.15, 0.2) is 18.2 Å². The standard InChI is InChI=1S/C21H29O6P/c1-5-14-27-19(23)20(2,28-24)21(12-7-6-8-13-21)18(22)17-15(25-3)10-9-11-16(17)26-4/h9-11H,5-8,12-14H2,1-4H3. The average molecular weight is 408 g/mol. The lowest BCUT2D eigenvalue weighted by atomic mass is 9.61. The summed E-state index contributed by atoms with van der Waals surface area (Å²) in [6, 6.07) is 5.12. The Morgan fingerprint density at radius 2 is 1.68 bits per heavy atom. The molecular weight excluding hydrogens is 379 g/mol. The first-order valence-corrected chi connectivity index (χ1v) is 10.5. The monoisotopic (exact) mass is 408 g/mol. The first-order chi connectivity index (χ1) is 13.4. The molecule has 1 aliphatic carbocycles. The number of rotatable bonds is 9. The van der Waals surface area contributed by atoms with E-state index in [1.54, 1.807) is 25.1 Å². The van der Waals surface area contributed by atoms with Crippen LogP contribution in [0.2, 0.25) is 0 Å². The predicted molar refractivity (Wildman–Crippen MR) is 107 cm³/mol. The number of methoxy groups -OCH3 is 2. The molecular formula is C21H29O6P. The van der Waals surface area contributed by atoms with Crippen molar-refractivity contribution >= 4 is 20.2 Å². The Bertz CT molecular complexity index is 703. The molecule has 0 N–H and O–H groups in total. The van der Waals surface area contributed by atoms with Gasteiger partial charge in [0.2, 0.25) is 0 Å². The molecule has 1 atom stereocenters. The highest BCUT2D eigenvalue weighted by molar-refractivity contribution is 7.28. The number of hydrogen-bond acceptors (Lipinski definition) is 6. The lowest BCUT2D eigenvalue weighted by Gasteiger charge is -2.44. The minimum Gasteiger partial charge on any atom is -0.496 e. The second-order valence-electron chi connectivity index (χ2n) is 7.31. The maximum absolute atomic E-state index is 14.0. The van der Waals surface area contributed by atoms with Gasteiger partial charge in [0.1, 0.15) is 17.1 Å². The summed E-state index contributed by atoms with van der Waals surface area (Å²) < 4.78 is 28.6. The third-order valence-electron chi connectivity index (χ3n) is 5.75. The van der Waals surface area contributed by atoms with E-state index in [2.05, 4.69) is 0 Å². The summed E-state index contributed by atoms with van der Waals surface area (Å²) in [5.41, 5.74) is -0.867. The third-order valence-corrected chi connectivity index (χ3v) is 6.72. The maximum Gasteiger partial charge on any atom is 0.324 e. The molecule has 154 valence electrons. The summed E-state index contributed by atoms with van der Waals surface area (Å²) in [5.74, 6) is -0.127. The van der Waals surface area contributed by atoms with E-state index in [0.29, 0.717) is 30.8 Å². The smallest absolute Gasteiger partial charge is 0.324 e. The summed E-state index contributed by atoms with van der Waals surface area (Å²) >= 11 is 0. The zero-order valence-corrected chi connectivity index (χ0v) is 18.0. The molecule has 2 rings (SSSR count). The summed E-state index contributed by atoms with van der Waals surface area (Å²) in [5, 5.41) is -1.48. The Morgan fingerprint density at radius 1 is 1.11 bits per heavy atom. The summed E-state index contributed by atoms with van der Waals surface area (Å²) in [4.78, 5) is 26.9. The molecule has 6 nitrogen and oxygen atoms in total. The van der Waals surface area contributed by atoms with Crippen molar-refractivity contribution in [3.8, 4) is 11.5 Å². The van der Waals surface area contributed by atoms with Crippen molar-refractivity contribution in [2.75, 3.05) is 20.8 Å². The maximum atomic E-state index is 14.0.